The Morgan fingerprint density at radius 2 is 2.29 bits per heavy atom. The Morgan fingerprint density at radius 1 is 1.57 bits per heavy atom. The Labute approximate surface area is 79.1 Å². The van der Waals surface area contributed by atoms with E-state index in [1.807, 2.05) is 0 Å². The molecule has 5 nitrogen and oxygen atoms in total. The van der Waals surface area contributed by atoms with E-state index in [4.69, 9.17) is 4.74 Å². The van der Waals surface area contributed by atoms with E-state index in [9.17, 15) is 14.0 Å². The van der Waals surface area contributed by atoms with Gasteiger partial charge in [-0.3, -0.25) is 18.7 Å². The highest BCUT2D eigenvalue weighted by Crippen LogP contribution is 1.90. The molecule has 1 heterocycles. The van der Waals surface area contributed by atoms with Gasteiger partial charge in [-0.1, -0.05) is 0 Å². The molecule has 1 rings (SSSR count). The quantitative estimate of drug-likeness (QED) is 0.726. The van der Waals surface area contributed by atoms with Crippen LogP contribution in [-0.2, 0) is 17.9 Å². The Kier molecular flexibility index (Phi) is 3.58. The van der Waals surface area contributed by atoms with Gasteiger partial charge in [0.1, 0.15) is 6.73 Å². The maximum absolute atomic E-state index is 12.0. The van der Waals surface area contributed by atoms with Gasteiger partial charge in [0.2, 0.25) is 0 Å². The van der Waals surface area contributed by atoms with Crippen LogP contribution < -0.4 is 11.2 Å². The van der Waals surface area contributed by atoms with Gasteiger partial charge in [-0.25, -0.2) is 4.79 Å². The summed E-state index contributed by atoms with van der Waals surface area (Å²) in [4.78, 5) is 24.3. The lowest BCUT2D eigenvalue weighted by Crippen LogP contribution is -2.32. The van der Waals surface area contributed by atoms with Crippen molar-refractivity contribution >= 4 is 0 Å². The number of H-pyrrole nitrogens is 1. The van der Waals surface area contributed by atoms with Crippen LogP contribution in [0.1, 0.15) is 5.56 Å². The highest BCUT2D eigenvalue weighted by Gasteiger charge is 2.03. The van der Waals surface area contributed by atoms with E-state index in [-0.39, 0.29) is 18.7 Å². The van der Waals surface area contributed by atoms with Gasteiger partial charge in [-0.05, 0) is 0 Å². The number of alkyl halides is 1. The number of aromatic amines is 1. The Balaban J connectivity index is 3.13. The maximum Gasteiger partial charge on any atom is 0.330 e. The monoisotopic (exact) mass is 202 g/mol. The number of hydrogen-bond donors (Lipinski definition) is 1. The molecule has 0 amide bonds. The molecule has 0 unspecified atom stereocenters. The standard InChI is InChI=1S/C8H11FN2O3/c1-14-5-11-4-6(2-3-9)7(12)10-8(11)13/h4H,2-3,5H2,1H3,(H,10,12,13). The van der Waals surface area contributed by atoms with E-state index in [0.717, 1.165) is 0 Å². The molecule has 6 heteroatoms. The average molecular weight is 202 g/mol. The summed E-state index contributed by atoms with van der Waals surface area (Å²) in [5.41, 5.74) is -0.858. The molecule has 78 valence electrons. The van der Waals surface area contributed by atoms with Gasteiger partial charge in [0.15, 0.2) is 0 Å². The smallest absolute Gasteiger partial charge is 0.330 e. The maximum atomic E-state index is 12.0. The Bertz CT molecular complexity index is 375. The number of ether oxygens (including phenoxy) is 1. The Hall–Kier alpha value is -1.43. The lowest BCUT2D eigenvalue weighted by molar-refractivity contribution is 0.126. The third-order valence-corrected chi connectivity index (χ3v) is 1.72. The predicted molar refractivity (Wildman–Crippen MR) is 48.0 cm³/mol. The van der Waals surface area contributed by atoms with Crippen LogP contribution in [0.2, 0.25) is 0 Å². The van der Waals surface area contributed by atoms with Gasteiger partial charge in [0.05, 0.1) is 6.67 Å². The van der Waals surface area contributed by atoms with Gasteiger partial charge in [0, 0.05) is 25.3 Å². The SMILES string of the molecule is COCn1cc(CCF)c(=O)[nH]c1=O. The van der Waals surface area contributed by atoms with Crippen molar-refractivity contribution in [2.45, 2.75) is 13.2 Å². The summed E-state index contributed by atoms with van der Waals surface area (Å²) < 4.78 is 17.9. The second-order valence-electron chi connectivity index (χ2n) is 2.74. The van der Waals surface area contributed by atoms with Crippen LogP contribution in [0.5, 0.6) is 0 Å². The summed E-state index contributed by atoms with van der Waals surface area (Å²) in [6.45, 7) is -0.594. The number of hydrogen-bond acceptors (Lipinski definition) is 3. The lowest BCUT2D eigenvalue weighted by atomic mass is 10.2. The molecule has 0 fully saturated rings. The fourth-order valence-corrected chi connectivity index (χ4v) is 1.07. The molecule has 0 bridgehead atoms. The third-order valence-electron chi connectivity index (χ3n) is 1.72. The number of halogens is 1. The molecule has 0 spiro atoms. The van der Waals surface area contributed by atoms with Crippen LogP contribution in [0, 0.1) is 0 Å². The molecule has 0 saturated carbocycles. The number of aromatic nitrogens is 2. The van der Waals surface area contributed by atoms with Crippen LogP contribution in [0.3, 0.4) is 0 Å². The predicted octanol–water partition coefficient (Wildman–Crippen LogP) is -0.347. The first-order valence-corrected chi connectivity index (χ1v) is 4.06. The highest BCUT2D eigenvalue weighted by atomic mass is 19.1. The Morgan fingerprint density at radius 3 is 2.86 bits per heavy atom. The molecule has 0 aliphatic rings. The molecule has 0 atom stereocenters. The van der Waals surface area contributed by atoms with Gasteiger partial charge >= 0.3 is 5.69 Å². The zero-order valence-electron chi connectivity index (χ0n) is 7.75. The van der Waals surface area contributed by atoms with Crippen molar-refractivity contribution < 1.29 is 9.13 Å². The normalized spacial score (nSPS) is 10.4. The summed E-state index contributed by atoms with van der Waals surface area (Å²) in [6.07, 6.45) is 1.31. The fraction of sp³-hybridized carbons (Fsp3) is 0.500. The van der Waals surface area contributed by atoms with Crippen LogP contribution in [0.15, 0.2) is 15.8 Å². The van der Waals surface area contributed by atoms with Crippen molar-refractivity contribution in [3.63, 3.8) is 0 Å². The van der Waals surface area contributed by atoms with E-state index in [1.165, 1.54) is 17.9 Å². The molecule has 0 radical (unpaired) electrons. The summed E-state index contributed by atoms with van der Waals surface area (Å²) in [6, 6.07) is 0. The highest BCUT2D eigenvalue weighted by molar-refractivity contribution is 5.04. The minimum absolute atomic E-state index is 0.000667. The topological polar surface area (TPSA) is 64.1 Å². The van der Waals surface area contributed by atoms with Crippen LogP contribution in [0.4, 0.5) is 4.39 Å². The van der Waals surface area contributed by atoms with Crippen LogP contribution in [0.25, 0.3) is 0 Å². The summed E-state index contributed by atoms with van der Waals surface area (Å²) in [7, 11) is 1.42. The number of rotatable bonds is 4. The third kappa shape index (κ3) is 2.29. The summed E-state index contributed by atoms with van der Waals surface area (Å²) in [5, 5.41) is 0. The minimum atomic E-state index is -0.631. The molecule has 0 saturated heterocycles. The van der Waals surface area contributed by atoms with E-state index in [1.54, 1.807) is 0 Å². The second kappa shape index (κ2) is 4.71. The van der Waals surface area contributed by atoms with E-state index in [0.29, 0.717) is 0 Å². The van der Waals surface area contributed by atoms with Crippen molar-refractivity contribution in [2.75, 3.05) is 13.8 Å². The average Bonchev–Trinajstić information content (AvgIpc) is 2.14. The number of methoxy groups -OCH3 is 1. The van der Waals surface area contributed by atoms with Gasteiger partial charge in [0.25, 0.3) is 5.56 Å². The van der Waals surface area contributed by atoms with Gasteiger partial charge in [-0.2, -0.15) is 0 Å². The van der Waals surface area contributed by atoms with Crippen molar-refractivity contribution in [1.29, 1.82) is 0 Å². The van der Waals surface area contributed by atoms with Crippen molar-refractivity contribution in [2.24, 2.45) is 0 Å². The molecule has 0 aromatic carbocycles. The number of aryl methyl sites for hydroxylation is 1. The molecule has 0 aliphatic carbocycles. The van der Waals surface area contributed by atoms with Crippen molar-refractivity contribution in [3.05, 3.63) is 32.6 Å². The summed E-state index contributed by atoms with van der Waals surface area (Å²) >= 11 is 0. The van der Waals surface area contributed by atoms with E-state index in [2.05, 4.69) is 4.98 Å². The zero-order valence-corrected chi connectivity index (χ0v) is 7.75. The molecule has 1 aromatic heterocycles. The fourth-order valence-electron chi connectivity index (χ4n) is 1.07. The van der Waals surface area contributed by atoms with Crippen molar-refractivity contribution in [3.8, 4) is 0 Å². The number of nitrogens with zero attached hydrogens (tertiary/aromatic N) is 1. The lowest BCUT2D eigenvalue weighted by Gasteiger charge is -2.04. The van der Waals surface area contributed by atoms with Crippen LogP contribution in [-0.4, -0.2) is 23.3 Å². The molecular formula is C8H11FN2O3. The molecule has 1 N–H and O–H groups in total. The first kappa shape index (κ1) is 10.6. The summed E-state index contributed by atoms with van der Waals surface area (Å²) in [5.74, 6) is 0. The van der Waals surface area contributed by atoms with Crippen molar-refractivity contribution in [1.82, 2.24) is 9.55 Å². The first-order valence-electron chi connectivity index (χ1n) is 4.06. The molecule has 1 aromatic rings. The molecule has 0 aliphatic heterocycles. The number of nitrogens with one attached hydrogen (secondary N) is 1. The minimum Gasteiger partial charge on any atom is -0.364 e. The van der Waals surface area contributed by atoms with E-state index >= 15 is 0 Å². The molecular weight excluding hydrogens is 191 g/mol. The van der Waals surface area contributed by atoms with Crippen LogP contribution >= 0.6 is 0 Å². The van der Waals surface area contributed by atoms with E-state index < -0.39 is 17.9 Å². The van der Waals surface area contributed by atoms with Gasteiger partial charge < -0.3 is 4.74 Å². The molecule has 14 heavy (non-hydrogen) atoms. The second-order valence-corrected chi connectivity index (χ2v) is 2.74. The zero-order chi connectivity index (χ0) is 10.6. The van der Waals surface area contributed by atoms with Gasteiger partial charge in [-0.15, -0.1) is 0 Å². The first-order chi connectivity index (χ1) is 6.69. The largest absolute Gasteiger partial charge is 0.364 e.